The standard InChI is InChI=1S/C23H27N3O2/c1-4-28-19-14-12-18(13-15-19)8-7-11-23(27)25-24-16-21-17(2)26(3)22-10-6-5-9-20(21)22/h5-6,9-10,12-16H,4,7-8,11H2,1-3H3,(H,25,27). The largest absolute Gasteiger partial charge is 0.494 e. The third kappa shape index (κ3) is 4.60. The maximum Gasteiger partial charge on any atom is 0.240 e. The van der Waals surface area contributed by atoms with Gasteiger partial charge in [0.1, 0.15) is 5.75 Å². The second-order valence-electron chi connectivity index (χ2n) is 6.80. The van der Waals surface area contributed by atoms with E-state index in [4.69, 9.17) is 4.74 Å². The fraction of sp³-hybridized carbons (Fsp3) is 0.304. The van der Waals surface area contributed by atoms with Gasteiger partial charge in [-0.2, -0.15) is 5.10 Å². The molecule has 5 heteroatoms. The highest BCUT2D eigenvalue weighted by molar-refractivity contribution is 6.01. The van der Waals surface area contributed by atoms with E-state index in [1.54, 1.807) is 6.21 Å². The number of aryl methyl sites for hydroxylation is 2. The van der Waals surface area contributed by atoms with Crippen LogP contribution in [0.25, 0.3) is 10.9 Å². The number of para-hydroxylation sites is 1. The zero-order valence-corrected chi connectivity index (χ0v) is 16.7. The maximum atomic E-state index is 12.1. The lowest BCUT2D eigenvalue weighted by molar-refractivity contribution is -0.121. The number of carbonyl (C=O) groups is 1. The SMILES string of the molecule is CCOc1ccc(CCCC(=O)NN=Cc2c(C)n(C)c3ccccc23)cc1. The molecule has 0 saturated carbocycles. The molecule has 0 saturated heterocycles. The summed E-state index contributed by atoms with van der Waals surface area (Å²) < 4.78 is 7.57. The Morgan fingerprint density at radius 1 is 1.18 bits per heavy atom. The van der Waals surface area contributed by atoms with Crippen molar-refractivity contribution < 1.29 is 9.53 Å². The molecule has 1 amide bonds. The van der Waals surface area contributed by atoms with Gasteiger partial charge in [-0.25, -0.2) is 5.43 Å². The number of rotatable bonds is 8. The molecule has 0 bridgehead atoms. The number of aromatic nitrogens is 1. The summed E-state index contributed by atoms with van der Waals surface area (Å²) in [6.07, 6.45) is 3.82. The average Bonchev–Trinajstić information content (AvgIpc) is 2.95. The Kier molecular flexibility index (Phi) is 6.48. The van der Waals surface area contributed by atoms with E-state index in [0.29, 0.717) is 13.0 Å². The van der Waals surface area contributed by atoms with Crippen molar-refractivity contribution in [3.8, 4) is 5.75 Å². The lowest BCUT2D eigenvalue weighted by Crippen LogP contribution is -2.17. The zero-order valence-electron chi connectivity index (χ0n) is 16.7. The van der Waals surface area contributed by atoms with Gasteiger partial charge in [0.05, 0.1) is 12.8 Å². The van der Waals surface area contributed by atoms with Gasteiger partial charge >= 0.3 is 0 Å². The van der Waals surface area contributed by atoms with Crippen LogP contribution in [0.4, 0.5) is 0 Å². The lowest BCUT2D eigenvalue weighted by Gasteiger charge is -2.05. The van der Waals surface area contributed by atoms with Crippen LogP contribution in [-0.4, -0.2) is 23.3 Å². The number of benzene rings is 2. The maximum absolute atomic E-state index is 12.1. The summed E-state index contributed by atoms with van der Waals surface area (Å²) in [6, 6.07) is 16.2. The van der Waals surface area contributed by atoms with Crippen molar-refractivity contribution in [3.63, 3.8) is 0 Å². The topological polar surface area (TPSA) is 55.6 Å². The molecule has 0 radical (unpaired) electrons. The van der Waals surface area contributed by atoms with E-state index in [0.717, 1.165) is 40.8 Å². The Morgan fingerprint density at radius 2 is 1.93 bits per heavy atom. The summed E-state index contributed by atoms with van der Waals surface area (Å²) in [7, 11) is 2.04. The Balaban J connectivity index is 1.50. The minimum Gasteiger partial charge on any atom is -0.494 e. The first-order chi connectivity index (χ1) is 13.6. The predicted molar refractivity (Wildman–Crippen MR) is 114 cm³/mol. The molecule has 1 heterocycles. The summed E-state index contributed by atoms with van der Waals surface area (Å²) in [4.78, 5) is 12.1. The molecule has 0 atom stereocenters. The summed E-state index contributed by atoms with van der Waals surface area (Å²) in [5.41, 5.74) is 7.16. The normalized spacial score (nSPS) is 11.2. The van der Waals surface area contributed by atoms with Crippen LogP contribution < -0.4 is 10.2 Å². The number of nitrogens with one attached hydrogen (secondary N) is 1. The van der Waals surface area contributed by atoms with Gasteiger partial charge in [0.2, 0.25) is 5.91 Å². The fourth-order valence-electron chi connectivity index (χ4n) is 3.31. The smallest absolute Gasteiger partial charge is 0.240 e. The Labute approximate surface area is 166 Å². The van der Waals surface area contributed by atoms with Gasteiger partial charge in [0.25, 0.3) is 0 Å². The molecule has 0 spiro atoms. The minimum absolute atomic E-state index is 0.0694. The van der Waals surface area contributed by atoms with E-state index < -0.39 is 0 Å². The van der Waals surface area contributed by atoms with Crippen LogP contribution in [0.5, 0.6) is 5.75 Å². The molecule has 3 aromatic rings. The van der Waals surface area contributed by atoms with Crippen LogP contribution >= 0.6 is 0 Å². The number of amides is 1. The summed E-state index contributed by atoms with van der Waals surface area (Å²) in [5.74, 6) is 0.808. The predicted octanol–water partition coefficient (Wildman–Crippen LogP) is 4.36. The van der Waals surface area contributed by atoms with Gasteiger partial charge in [0.15, 0.2) is 0 Å². The molecule has 0 fully saturated rings. The Hall–Kier alpha value is -3.08. The molecule has 3 rings (SSSR count). The van der Waals surface area contributed by atoms with Gasteiger partial charge in [0, 0.05) is 35.6 Å². The quantitative estimate of drug-likeness (QED) is 0.468. The van der Waals surface area contributed by atoms with Crippen LogP contribution in [-0.2, 0) is 18.3 Å². The third-order valence-corrected chi connectivity index (χ3v) is 4.94. The number of hydrogen-bond donors (Lipinski definition) is 1. The molecule has 28 heavy (non-hydrogen) atoms. The summed E-state index contributed by atoms with van der Waals surface area (Å²) in [5, 5.41) is 5.30. The molecular formula is C23H27N3O2. The number of fused-ring (bicyclic) bond motifs is 1. The number of hydrogen-bond acceptors (Lipinski definition) is 3. The van der Waals surface area contributed by atoms with Gasteiger partial charge < -0.3 is 9.30 Å². The van der Waals surface area contributed by atoms with Gasteiger partial charge in [-0.05, 0) is 50.5 Å². The number of hydrazone groups is 1. The first kappa shape index (κ1) is 19.7. The van der Waals surface area contributed by atoms with Crippen LogP contribution in [0, 0.1) is 6.92 Å². The van der Waals surface area contributed by atoms with Crippen molar-refractivity contribution in [3.05, 3.63) is 65.4 Å². The second-order valence-corrected chi connectivity index (χ2v) is 6.80. The fourth-order valence-corrected chi connectivity index (χ4v) is 3.31. The van der Waals surface area contributed by atoms with Crippen LogP contribution in [0.15, 0.2) is 53.6 Å². The molecule has 1 aromatic heterocycles. The second kappa shape index (κ2) is 9.22. The highest BCUT2D eigenvalue weighted by Crippen LogP contribution is 2.23. The van der Waals surface area contributed by atoms with Crippen LogP contribution in [0.1, 0.15) is 36.6 Å². The molecule has 0 unspecified atom stereocenters. The van der Waals surface area contributed by atoms with Gasteiger partial charge in [-0.3, -0.25) is 4.79 Å². The van der Waals surface area contributed by atoms with E-state index in [1.165, 1.54) is 5.56 Å². The lowest BCUT2D eigenvalue weighted by atomic mass is 10.1. The Bertz CT molecular complexity index is 971. The van der Waals surface area contributed by atoms with Crippen LogP contribution in [0.2, 0.25) is 0 Å². The summed E-state index contributed by atoms with van der Waals surface area (Å²) in [6.45, 7) is 4.69. The molecule has 0 aliphatic heterocycles. The highest BCUT2D eigenvalue weighted by Gasteiger charge is 2.09. The summed E-state index contributed by atoms with van der Waals surface area (Å²) >= 11 is 0. The molecule has 0 aliphatic carbocycles. The molecule has 2 aromatic carbocycles. The van der Waals surface area contributed by atoms with E-state index in [2.05, 4.69) is 34.2 Å². The van der Waals surface area contributed by atoms with E-state index in [-0.39, 0.29) is 5.91 Å². The van der Waals surface area contributed by atoms with Crippen molar-refractivity contribution in [2.45, 2.75) is 33.1 Å². The van der Waals surface area contributed by atoms with Gasteiger partial charge in [-0.15, -0.1) is 0 Å². The first-order valence-corrected chi connectivity index (χ1v) is 9.67. The number of ether oxygens (including phenoxy) is 1. The molecular weight excluding hydrogens is 350 g/mol. The Morgan fingerprint density at radius 3 is 2.68 bits per heavy atom. The molecule has 1 N–H and O–H groups in total. The average molecular weight is 377 g/mol. The van der Waals surface area contributed by atoms with E-state index in [9.17, 15) is 4.79 Å². The van der Waals surface area contributed by atoms with Crippen LogP contribution in [0.3, 0.4) is 0 Å². The molecule has 0 aliphatic rings. The molecule has 146 valence electrons. The zero-order chi connectivity index (χ0) is 19.9. The van der Waals surface area contributed by atoms with E-state index in [1.807, 2.05) is 50.4 Å². The van der Waals surface area contributed by atoms with Crippen molar-refractivity contribution >= 4 is 23.0 Å². The van der Waals surface area contributed by atoms with E-state index >= 15 is 0 Å². The van der Waals surface area contributed by atoms with Crippen molar-refractivity contribution in [2.75, 3.05) is 6.61 Å². The van der Waals surface area contributed by atoms with Gasteiger partial charge in [-0.1, -0.05) is 30.3 Å². The third-order valence-electron chi connectivity index (χ3n) is 4.94. The minimum atomic E-state index is -0.0694. The first-order valence-electron chi connectivity index (χ1n) is 9.67. The highest BCUT2D eigenvalue weighted by atomic mass is 16.5. The molecule has 5 nitrogen and oxygen atoms in total. The monoisotopic (exact) mass is 377 g/mol. The number of carbonyl (C=O) groups excluding carboxylic acids is 1. The number of nitrogens with zero attached hydrogens (tertiary/aromatic N) is 2. The van der Waals surface area contributed by atoms with Crippen molar-refractivity contribution in [1.82, 2.24) is 9.99 Å². The van der Waals surface area contributed by atoms with Crippen molar-refractivity contribution in [1.29, 1.82) is 0 Å². The van der Waals surface area contributed by atoms with Crippen molar-refractivity contribution in [2.24, 2.45) is 12.1 Å².